The topological polar surface area (TPSA) is 70.1 Å². The van der Waals surface area contributed by atoms with Gasteiger partial charge < -0.3 is 10.5 Å². The molecular formula is C15H15N3O2S. The Morgan fingerprint density at radius 1 is 1.38 bits per heavy atom. The van der Waals surface area contributed by atoms with Gasteiger partial charge in [0.2, 0.25) is 0 Å². The van der Waals surface area contributed by atoms with Gasteiger partial charge in [-0.2, -0.15) is 0 Å². The molecule has 2 aromatic heterocycles. The number of imidazole rings is 1. The summed E-state index contributed by atoms with van der Waals surface area (Å²) in [6.07, 6.45) is 1.71. The number of benzene rings is 1. The van der Waals surface area contributed by atoms with E-state index in [0.29, 0.717) is 10.6 Å². The third-order valence-corrected chi connectivity index (χ3v) is 4.09. The molecule has 1 amide bonds. The number of fused-ring (bicyclic) bond motifs is 1. The van der Waals surface area contributed by atoms with Crippen molar-refractivity contribution in [1.29, 1.82) is 0 Å². The van der Waals surface area contributed by atoms with E-state index in [1.54, 1.807) is 6.33 Å². The van der Waals surface area contributed by atoms with Crippen LogP contribution >= 0.6 is 11.3 Å². The first-order chi connectivity index (χ1) is 10.1. The molecule has 6 heteroatoms. The Balaban J connectivity index is 2.12. The standard InChI is InChI=1S/C15H15N3O2S/c1-9(2)20-12-7-13(21-14(12)15(16)19)18-8-17-10-5-3-4-6-11(10)18/h3-9H,1-2H3,(H2,16,19). The fourth-order valence-electron chi connectivity index (χ4n) is 2.13. The van der Waals surface area contributed by atoms with Gasteiger partial charge in [-0.15, -0.1) is 11.3 Å². The third-order valence-electron chi connectivity index (χ3n) is 2.96. The molecule has 3 rings (SSSR count). The summed E-state index contributed by atoms with van der Waals surface area (Å²) in [5.41, 5.74) is 7.31. The van der Waals surface area contributed by atoms with Gasteiger partial charge in [0.1, 0.15) is 22.0 Å². The first-order valence-electron chi connectivity index (χ1n) is 6.59. The predicted octanol–water partition coefficient (Wildman–Crippen LogP) is 2.97. The van der Waals surface area contributed by atoms with Crippen LogP contribution in [0, 0.1) is 0 Å². The van der Waals surface area contributed by atoms with Crippen molar-refractivity contribution in [3.8, 4) is 10.8 Å². The minimum absolute atomic E-state index is 0.0231. The van der Waals surface area contributed by atoms with E-state index >= 15 is 0 Å². The Morgan fingerprint density at radius 3 is 2.86 bits per heavy atom. The number of carbonyl (C=O) groups excluding carboxylic acids is 1. The zero-order valence-corrected chi connectivity index (χ0v) is 12.6. The molecule has 0 radical (unpaired) electrons. The molecule has 0 bridgehead atoms. The molecule has 3 aromatic rings. The molecule has 2 N–H and O–H groups in total. The lowest BCUT2D eigenvalue weighted by atomic mass is 10.3. The van der Waals surface area contributed by atoms with E-state index in [1.807, 2.05) is 48.7 Å². The number of primary amides is 1. The summed E-state index contributed by atoms with van der Waals surface area (Å²) in [6.45, 7) is 3.82. The van der Waals surface area contributed by atoms with Gasteiger partial charge in [-0.05, 0) is 26.0 Å². The Labute approximate surface area is 126 Å². The second kappa shape index (κ2) is 5.21. The fraction of sp³-hybridized carbons (Fsp3) is 0.200. The number of aromatic nitrogens is 2. The van der Waals surface area contributed by atoms with Gasteiger partial charge in [0.05, 0.1) is 17.1 Å². The summed E-state index contributed by atoms with van der Waals surface area (Å²) in [7, 11) is 0. The van der Waals surface area contributed by atoms with Crippen LogP contribution in [0.4, 0.5) is 0 Å². The normalized spacial score (nSPS) is 11.2. The second-order valence-corrected chi connectivity index (χ2v) is 5.94. The summed E-state index contributed by atoms with van der Waals surface area (Å²) < 4.78 is 7.60. The molecule has 0 aliphatic rings. The van der Waals surface area contributed by atoms with Gasteiger partial charge in [0, 0.05) is 6.07 Å². The maximum atomic E-state index is 11.6. The van der Waals surface area contributed by atoms with Gasteiger partial charge in [-0.25, -0.2) is 4.98 Å². The van der Waals surface area contributed by atoms with Crippen LogP contribution in [0.3, 0.4) is 0 Å². The lowest BCUT2D eigenvalue weighted by Gasteiger charge is -2.08. The highest BCUT2D eigenvalue weighted by atomic mass is 32.1. The molecule has 21 heavy (non-hydrogen) atoms. The quantitative estimate of drug-likeness (QED) is 0.805. The summed E-state index contributed by atoms with van der Waals surface area (Å²) in [5.74, 6) is 0.0431. The van der Waals surface area contributed by atoms with Crippen molar-refractivity contribution in [1.82, 2.24) is 9.55 Å². The largest absolute Gasteiger partial charge is 0.489 e. The molecule has 0 atom stereocenters. The molecule has 0 saturated heterocycles. The van der Waals surface area contributed by atoms with Crippen LogP contribution in [0.5, 0.6) is 5.75 Å². The van der Waals surface area contributed by atoms with Crippen molar-refractivity contribution in [3.63, 3.8) is 0 Å². The SMILES string of the molecule is CC(C)Oc1cc(-n2cnc3ccccc32)sc1C(N)=O. The highest BCUT2D eigenvalue weighted by Crippen LogP contribution is 2.33. The van der Waals surface area contributed by atoms with Crippen LogP contribution in [0.1, 0.15) is 23.5 Å². The van der Waals surface area contributed by atoms with Gasteiger partial charge in [-0.1, -0.05) is 12.1 Å². The Hall–Kier alpha value is -2.34. The number of nitrogens with zero attached hydrogens (tertiary/aromatic N) is 2. The van der Waals surface area contributed by atoms with Crippen LogP contribution in [-0.4, -0.2) is 21.6 Å². The maximum Gasteiger partial charge on any atom is 0.262 e. The number of nitrogens with two attached hydrogens (primary N) is 1. The number of thiophene rings is 1. The van der Waals surface area contributed by atoms with Gasteiger partial charge in [0.25, 0.3) is 5.91 Å². The number of rotatable bonds is 4. The number of amides is 1. The van der Waals surface area contributed by atoms with E-state index in [1.165, 1.54) is 11.3 Å². The number of carbonyl (C=O) groups is 1. The average Bonchev–Trinajstić information content (AvgIpc) is 3.01. The highest BCUT2D eigenvalue weighted by molar-refractivity contribution is 7.16. The number of ether oxygens (including phenoxy) is 1. The van der Waals surface area contributed by atoms with Crippen molar-refractivity contribution in [2.75, 3.05) is 0 Å². The minimum atomic E-state index is -0.480. The Morgan fingerprint density at radius 2 is 2.14 bits per heavy atom. The molecule has 1 aromatic carbocycles. The van der Waals surface area contributed by atoms with Crippen molar-refractivity contribution >= 4 is 28.3 Å². The zero-order chi connectivity index (χ0) is 15.0. The van der Waals surface area contributed by atoms with E-state index in [9.17, 15) is 4.79 Å². The maximum absolute atomic E-state index is 11.6. The van der Waals surface area contributed by atoms with Gasteiger partial charge in [0.15, 0.2) is 0 Å². The second-order valence-electron chi connectivity index (χ2n) is 4.91. The lowest BCUT2D eigenvalue weighted by Crippen LogP contribution is -2.13. The van der Waals surface area contributed by atoms with E-state index in [0.717, 1.165) is 16.0 Å². The molecule has 0 aliphatic carbocycles. The molecule has 0 spiro atoms. The van der Waals surface area contributed by atoms with Crippen LogP contribution in [-0.2, 0) is 0 Å². The third kappa shape index (κ3) is 2.50. The Kier molecular flexibility index (Phi) is 3.39. The molecule has 5 nitrogen and oxygen atoms in total. The lowest BCUT2D eigenvalue weighted by molar-refractivity contribution is 0.0999. The van der Waals surface area contributed by atoms with Crippen LogP contribution < -0.4 is 10.5 Å². The smallest absolute Gasteiger partial charge is 0.262 e. The monoisotopic (exact) mass is 301 g/mol. The van der Waals surface area contributed by atoms with Gasteiger partial charge in [-0.3, -0.25) is 9.36 Å². The highest BCUT2D eigenvalue weighted by Gasteiger charge is 2.18. The zero-order valence-electron chi connectivity index (χ0n) is 11.7. The molecule has 0 unspecified atom stereocenters. The molecule has 0 fully saturated rings. The summed E-state index contributed by atoms with van der Waals surface area (Å²) in [6, 6.07) is 9.65. The first-order valence-corrected chi connectivity index (χ1v) is 7.40. The van der Waals surface area contributed by atoms with Gasteiger partial charge >= 0.3 is 0 Å². The molecule has 2 heterocycles. The van der Waals surface area contributed by atoms with Crippen LogP contribution in [0.15, 0.2) is 36.7 Å². The van der Waals surface area contributed by atoms with E-state index < -0.39 is 5.91 Å². The number of hydrogen-bond acceptors (Lipinski definition) is 4. The molecule has 0 saturated carbocycles. The summed E-state index contributed by atoms with van der Waals surface area (Å²) in [5, 5.41) is 0.855. The minimum Gasteiger partial charge on any atom is -0.489 e. The van der Waals surface area contributed by atoms with Crippen molar-refractivity contribution in [2.45, 2.75) is 20.0 Å². The van der Waals surface area contributed by atoms with Crippen molar-refractivity contribution < 1.29 is 9.53 Å². The van der Waals surface area contributed by atoms with E-state index in [2.05, 4.69) is 4.98 Å². The average molecular weight is 301 g/mol. The molecule has 0 aliphatic heterocycles. The first kappa shape index (κ1) is 13.6. The molecular weight excluding hydrogens is 286 g/mol. The van der Waals surface area contributed by atoms with Crippen molar-refractivity contribution in [2.24, 2.45) is 5.73 Å². The predicted molar refractivity (Wildman–Crippen MR) is 83.2 cm³/mol. The van der Waals surface area contributed by atoms with E-state index in [-0.39, 0.29) is 6.10 Å². The fourth-order valence-corrected chi connectivity index (χ4v) is 3.06. The molecule has 108 valence electrons. The Bertz CT molecular complexity index is 804. The van der Waals surface area contributed by atoms with E-state index in [4.69, 9.17) is 10.5 Å². The van der Waals surface area contributed by atoms with Crippen LogP contribution in [0.2, 0.25) is 0 Å². The van der Waals surface area contributed by atoms with Crippen molar-refractivity contribution in [3.05, 3.63) is 41.5 Å². The number of hydrogen-bond donors (Lipinski definition) is 1. The summed E-state index contributed by atoms with van der Waals surface area (Å²) in [4.78, 5) is 16.4. The number of para-hydroxylation sites is 2. The summed E-state index contributed by atoms with van der Waals surface area (Å²) >= 11 is 1.31. The van der Waals surface area contributed by atoms with Crippen LogP contribution in [0.25, 0.3) is 16.0 Å².